The van der Waals surface area contributed by atoms with Gasteiger partial charge in [-0.2, -0.15) is 0 Å². The van der Waals surface area contributed by atoms with Crippen LogP contribution in [0.15, 0.2) is 71.8 Å². The molecule has 0 aliphatic heterocycles. The molecule has 0 aliphatic rings. The topological polar surface area (TPSA) is 71.1 Å². The standard InChI is InChI=1S/C18H16ClN3O2S/c1-13-5-2-3-8-17(13)25(23,24)22-16-9-10-18(20-12-16)21-15-7-4-6-14(19)11-15/h2-12,22H,1H3,(H,20,21). The lowest BCUT2D eigenvalue weighted by Crippen LogP contribution is -2.14. The predicted molar refractivity (Wildman–Crippen MR) is 101 cm³/mol. The minimum Gasteiger partial charge on any atom is -0.340 e. The van der Waals surface area contributed by atoms with Crippen molar-refractivity contribution in [3.8, 4) is 0 Å². The number of benzene rings is 2. The first-order valence-corrected chi connectivity index (χ1v) is 9.37. The number of halogens is 1. The third kappa shape index (κ3) is 4.29. The van der Waals surface area contributed by atoms with Crippen LogP contribution in [0.3, 0.4) is 0 Å². The molecule has 2 N–H and O–H groups in total. The first-order valence-electron chi connectivity index (χ1n) is 7.51. The molecule has 0 atom stereocenters. The largest absolute Gasteiger partial charge is 0.340 e. The molecule has 2 aromatic carbocycles. The van der Waals surface area contributed by atoms with E-state index in [1.165, 1.54) is 6.20 Å². The first-order chi connectivity index (χ1) is 11.9. The normalized spacial score (nSPS) is 11.1. The molecule has 1 aromatic heterocycles. The molecule has 5 nitrogen and oxygen atoms in total. The molecule has 0 amide bonds. The van der Waals surface area contributed by atoms with Gasteiger partial charge in [-0.15, -0.1) is 0 Å². The van der Waals surface area contributed by atoms with E-state index < -0.39 is 10.0 Å². The van der Waals surface area contributed by atoms with Crippen molar-refractivity contribution < 1.29 is 8.42 Å². The van der Waals surface area contributed by atoms with Crippen LogP contribution in [0.2, 0.25) is 5.02 Å². The summed E-state index contributed by atoms with van der Waals surface area (Å²) in [5.74, 6) is 0.584. The third-order valence-corrected chi connectivity index (χ3v) is 5.27. The van der Waals surface area contributed by atoms with E-state index in [4.69, 9.17) is 11.6 Å². The van der Waals surface area contributed by atoms with E-state index in [1.807, 2.05) is 12.1 Å². The van der Waals surface area contributed by atoms with Crippen molar-refractivity contribution in [2.45, 2.75) is 11.8 Å². The molecule has 0 radical (unpaired) electrons. The van der Waals surface area contributed by atoms with Gasteiger partial charge in [-0.05, 0) is 48.9 Å². The number of sulfonamides is 1. The third-order valence-electron chi connectivity index (χ3n) is 3.50. The summed E-state index contributed by atoms with van der Waals surface area (Å²) in [4.78, 5) is 4.47. The Balaban J connectivity index is 1.75. The van der Waals surface area contributed by atoms with Crippen LogP contribution < -0.4 is 10.0 Å². The molecular formula is C18H16ClN3O2S. The van der Waals surface area contributed by atoms with Gasteiger partial charge in [-0.3, -0.25) is 4.72 Å². The van der Waals surface area contributed by atoms with Crippen LogP contribution in [0.4, 0.5) is 17.2 Å². The molecule has 1 heterocycles. The van der Waals surface area contributed by atoms with Gasteiger partial charge in [-0.25, -0.2) is 13.4 Å². The summed E-state index contributed by atoms with van der Waals surface area (Å²) < 4.78 is 27.5. The van der Waals surface area contributed by atoms with Crippen molar-refractivity contribution in [2.24, 2.45) is 0 Å². The Bertz CT molecular complexity index is 989. The molecule has 0 aliphatic carbocycles. The number of hydrogen-bond donors (Lipinski definition) is 2. The molecule has 0 saturated heterocycles. The molecule has 0 unspecified atom stereocenters. The fraction of sp³-hybridized carbons (Fsp3) is 0.0556. The smallest absolute Gasteiger partial charge is 0.262 e. The van der Waals surface area contributed by atoms with E-state index in [2.05, 4.69) is 15.0 Å². The molecule has 0 bridgehead atoms. The molecular weight excluding hydrogens is 358 g/mol. The fourth-order valence-corrected chi connectivity index (χ4v) is 3.79. The summed E-state index contributed by atoms with van der Waals surface area (Å²) in [5.41, 5.74) is 1.87. The van der Waals surface area contributed by atoms with Gasteiger partial charge in [-0.1, -0.05) is 35.9 Å². The Hall–Kier alpha value is -2.57. The summed E-state index contributed by atoms with van der Waals surface area (Å²) in [5, 5.41) is 3.72. The number of nitrogens with one attached hydrogen (secondary N) is 2. The molecule has 25 heavy (non-hydrogen) atoms. The number of aryl methyl sites for hydroxylation is 1. The lowest BCUT2D eigenvalue weighted by atomic mass is 10.2. The van der Waals surface area contributed by atoms with Gasteiger partial charge in [0.1, 0.15) is 5.82 Å². The minimum atomic E-state index is -3.65. The van der Waals surface area contributed by atoms with Crippen LogP contribution >= 0.6 is 11.6 Å². The highest BCUT2D eigenvalue weighted by molar-refractivity contribution is 7.92. The van der Waals surface area contributed by atoms with Crippen LogP contribution in [-0.2, 0) is 10.0 Å². The van der Waals surface area contributed by atoms with Crippen molar-refractivity contribution >= 4 is 38.8 Å². The number of pyridine rings is 1. The van der Waals surface area contributed by atoms with Crippen molar-refractivity contribution in [1.29, 1.82) is 0 Å². The van der Waals surface area contributed by atoms with Crippen molar-refractivity contribution in [3.05, 3.63) is 77.4 Å². The average molecular weight is 374 g/mol. The van der Waals surface area contributed by atoms with E-state index in [0.717, 1.165) is 5.69 Å². The highest BCUT2D eigenvalue weighted by Crippen LogP contribution is 2.22. The van der Waals surface area contributed by atoms with Crippen LogP contribution in [-0.4, -0.2) is 13.4 Å². The summed E-state index contributed by atoms with van der Waals surface area (Å²) >= 11 is 5.94. The Morgan fingerprint density at radius 1 is 0.960 bits per heavy atom. The lowest BCUT2D eigenvalue weighted by molar-refractivity contribution is 0.600. The zero-order valence-corrected chi connectivity index (χ0v) is 15.0. The fourth-order valence-electron chi connectivity index (χ4n) is 2.31. The highest BCUT2D eigenvalue weighted by atomic mass is 35.5. The summed E-state index contributed by atoms with van der Waals surface area (Å²) in [6.45, 7) is 1.75. The van der Waals surface area contributed by atoms with Crippen molar-refractivity contribution in [3.63, 3.8) is 0 Å². The molecule has 0 spiro atoms. The zero-order chi connectivity index (χ0) is 17.9. The van der Waals surface area contributed by atoms with E-state index in [-0.39, 0.29) is 4.90 Å². The number of rotatable bonds is 5. The monoisotopic (exact) mass is 373 g/mol. The van der Waals surface area contributed by atoms with E-state index in [1.54, 1.807) is 55.5 Å². The Morgan fingerprint density at radius 3 is 2.44 bits per heavy atom. The highest BCUT2D eigenvalue weighted by Gasteiger charge is 2.16. The molecule has 0 fully saturated rings. The van der Waals surface area contributed by atoms with Crippen LogP contribution in [0.25, 0.3) is 0 Å². The second-order valence-electron chi connectivity index (χ2n) is 5.44. The summed E-state index contributed by atoms with van der Waals surface area (Å²) in [6, 6.07) is 17.4. The van der Waals surface area contributed by atoms with E-state index in [9.17, 15) is 8.42 Å². The summed E-state index contributed by atoms with van der Waals surface area (Å²) in [6.07, 6.45) is 1.46. The van der Waals surface area contributed by atoms with Gasteiger partial charge in [0.15, 0.2) is 0 Å². The summed E-state index contributed by atoms with van der Waals surface area (Å²) in [7, 11) is -3.65. The van der Waals surface area contributed by atoms with Gasteiger partial charge in [0, 0.05) is 10.7 Å². The average Bonchev–Trinajstić information content (AvgIpc) is 2.57. The molecule has 0 saturated carbocycles. The lowest BCUT2D eigenvalue weighted by Gasteiger charge is -2.11. The number of aromatic nitrogens is 1. The number of anilines is 3. The molecule has 3 aromatic rings. The number of nitrogens with zero attached hydrogens (tertiary/aromatic N) is 1. The quantitative estimate of drug-likeness (QED) is 0.686. The van der Waals surface area contributed by atoms with Crippen LogP contribution in [0.1, 0.15) is 5.56 Å². The van der Waals surface area contributed by atoms with Gasteiger partial charge < -0.3 is 5.32 Å². The second kappa shape index (κ2) is 7.13. The first kappa shape index (κ1) is 17.3. The predicted octanol–water partition coefficient (Wildman–Crippen LogP) is 4.59. The Kier molecular flexibility index (Phi) is 4.92. The van der Waals surface area contributed by atoms with Gasteiger partial charge in [0.2, 0.25) is 0 Å². The molecule has 128 valence electrons. The van der Waals surface area contributed by atoms with Gasteiger partial charge in [0.05, 0.1) is 16.8 Å². The maximum absolute atomic E-state index is 12.5. The van der Waals surface area contributed by atoms with Crippen molar-refractivity contribution in [2.75, 3.05) is 10.0 Å². The van der Waals surface area contributed by atoms with Gasteiger partial charge in [0.25, 0.3) is 10.0 Å². The van der Waals surface area contributed by atoms with E-state index >= 15 is 0 Å². The Labute approximate surface area is 151 Å². The Morgan fingerprint density at radius 2 is 1.76 bits per heavy atom. The van der Waals surface area contributed by atoms with Crippen LogP contribution in [0.5, 0.6) is 0 Å². The van der Waals surface area contributed by atoms with Crippen molar-refractivity contribution in [1.82, 2.24) is 4.98 Å². The van der Waals surface area contributed by atoms with Gasteiger partial charge >= 0.3 is 0 Å². The number of hydrogen-bond acceptors (Lipinski definition) is 4. The minimum absolute atomic E-state index is 0.246. The molecule has 3 rings (SSSR count). The second-order valence-corrected chi connectivity index (χ2v) is 7.53. The maximum atomic E-state index is 12.5. The molecule has 7 heteroatoms. The maximum Gasteiger partial charge on any atom is 0.262 e. The SMILES string of the molecule is Cc1ccccc1S(=O)(=O)Nc1ccc(Nc2cccc(Cl)c2)nc1. The van der Waals surface area contributed by atoms with E-state index in [0.29, 0.717) is 22.1 Å². The zero-order valence-electron chi connectivity index (χ0n) is 13.4. The van der Waals surface area contributed by atoms with Crippen LogP contribution in [0, 0.1) is 6.92 Å².